The molecule has 0 N–H and O–H groups in total. The molecule has 7 heteroatoms. The van der Waals surface area contributed by atoms with E-state index >= 15 is 0 Å². The van der Waals surface area contributed by atoms with Gasteiger partial charge in [0, 0.05) is 12.1 Å². The van der Waals surface area contributed by atoms with Gasteiger partial charge in [-0.05, 0) is 36.8 Å². The van der Waals surface area contributed by atoms with Gasteiger partial charge in [-0.25, -0.2) is 0 Å². The third-order valence-corrected chi connectivity index (χ3v) is 3.58. The highest BCUT2D eigenvalue weighted by molar-refractivity contribution is 5.55. The second kappa shape index (κ2) is 10.8. The molecule has 0 fully saturated rings. The van der Waals surface area contributed by atoms with Crippen LogP contribution in [0.5, 0.6) is 17.2 Å². The standard InChI is InChI=1S/C20H23NO6/c1-3-4-16-5-10-19(20(15-16)24-2)27-14-12-25-11-13-26-18-8-6-17(7-9-18)21(22)23/h3-10,15H,11-14H2,1-2H3. The van der Waals surface area contributed by atoms with Gasteiger partial charge in [-0.2, -0.15) is 0 Å². The zero-order chi connectivity index (χ0) is 19.5. The molecule has 27 heavy (non-hydrogen) atoms. The molecule has 0 amide bonds. The Labute approximate surface area is 158 Å². The Hall–Kier alpha value is -3.06. The first-order valence-corrected chi connectivity index (χ1v) is 8.52. The maximum absolute atomic E-state index is 10.6. The molecule has 0 atom stereocenters. The van der Waals surface area contributed by atoms with E-state index in [1.54, 1.807) is 19.2 Å². The molecule has 0 bridgehead atoms. The minimum absolute atomic E-state index is 0.0323. The summed E-state index contributed by atoms with van der Waals surface area (Å²) >= 11 is 0. The van der Waals surface area contributed by atoms with Gasteiger partial charge in [0.25, 0.3) is 5.69 Å². The number of allylic oxidation sites excluding steroid dienone is 1. The van der Waals surface area contributed by atoms with Gasteiger partial charge in [-0.3, -0.25) is 10.1 Å². The van der Waals surface area contributed by atoms with Crippen molar-refractivity contribution >= 4 is 11.8 Å². The van der Waals surface area contributed by atoms with Crippen LogP contribution >= 0.6 is 0 Å². The van der Waals surface area contributed by atoms with E-state index in [0.717, 1.165) is 5.56 Å². The lowest BCUT2D eigenvalue weighted by Gasteiger charge is -2.12. The molecule has 0 unspecified atom stereocenters. The van der Waals surface area contributed by atoms with Crippen molar-refractivity contribution in [1.29, 1.82) is 0 Å². The van der Waals surface area contributed by atoms with Crippen LogP contribution in [0.3, 0.4) is 0 Å². The first-order valence-electron chi connectivity index (χ1n) is 8.52. The topological polar surface area (TPSA) is 80.1 Å². The normalized spacial score (nSPS) is 10.7. The number of non-ortho nitro benzene ring substituents is 1. The van der Waals surface area contributed by atoms with Crippen molar-refractivity contribution in [3.63, 3.8) is 0 Å². The number of hydrogen-bond donors (Lipinski definition) is 0. The third kappa shape index (κ3) is 6.63. The molecular formula is C20H23NO6. The van der Waals surface area contributed by atoms with Gasteiger partial charge < -0.3 is 18.9 Å². The predicted octanol–water partition coefficient (Wildman–Crippen LogP) is 4.11. The van der Waals surface area contributed by atoms with Gasteiger partial charge in [0.15, 0.2) is 11.5 Å². The van der Waals surface area contributed by atoms with Gasteiger partial charge in [0.1, 0.15) is 19.0 Å². The maximum atomic E-state index is 10.6. The fourth-order valence-corrected chi connectivity index (χ4v) is 2.29. The second-order valence-corrected chi connectivity index (χ2v) is 5.47. The minimum Gasteiger partial charge on any atom is -0.493 e. The van der Waals surface area contributed by atoms with Crippen molar-refractivity contribution in [3.05, 3.63) is 64.2 Å². The van der Waals surface area contributed by atoms with Crippen LogP contribution in [-0.4, -0.2) is 38.5 Å². The predicted molar refractivity (Wildman–Crippen MR) is 103 cm³/mol. The number of nitrogens with zero attached hydrogens (tertiary/aromatic N) is 1. The molecule has 0 aromatic heterocycles. The van der Waals surface area contributed by atoms with Crippen molar-refractivity contribution in [2.45, 2.75) is 6.92 Å². The number of benzene rings is 2. The summed E-state index contributed by atoms with van der Waals surface area (Å²) in [5, 5.41) is 10.6. The lowest BCUT2D eigenvalue weighted by molar-refractivity contribution is -0.384. The van der Waals surface area contributed by atoms with Crippen LogP contribution in [0.25, 0.3) is 6.08 Å². The fraction of sp³-hybridized carbons (Fsp3) is 0.300. The fourth-order valence-electron chi connectivity index (χ4n) is 2.29. The first kappa shape index (κ1) is 20.3. The Balaban J connectivity index is 1.65. The zero-order valence-corrected chi connectivity index (χ0v) is 15.4. The summed E-state index contributed by atoms with van der Waals surface area (Å²) in [7, 11) is 1.60. The molecule has 2 aromatic rings. The molecule has 7 nitrogen and oxygen atoms in total. The van der Waals surface area contributed by atoms with Crippen molar-refractivity contribution < 1.29 is 23.9 Å². The van der Waals surface area contributed by atoms with E-state index < -0.39 is 4.92 Å². The summed E-state index contributed by atoms with van der Waals surface area (Å²) in [6, 6.07) is 11.7. The van der Waals surface area contributed by atoms with E-state index in [0.29, 0.717) is 43.7 Å². The first-order chi connectivity index (χ1) is 13.1. The molecule has 2 aromatic carbocycles. The summed E-state index contributed by atoms with van der Waals surface area (Å²) in [5.74, 6) is 1.90. The quantitative estimate of drug-likeness (QED) is 0.335. The van der Waals surface area contributed by atoms with Crippen molar-refractivity contribution in [2.75, 3.05) is 33.5 Å². The summed E-state index contributed by atoms with van der Waals surface area (Å²) in [6.45, 7) is 3.48. The van der Waals surface area contributed by atoms with Crippen LogP contribution in [0.1, 0.15) is 12.5 Å². The number of rotatable bonds is 11. The van der Waals surface area contributed by atoms with Crippen LogP contribution in [0, 0.1) is 10.1 Å². The molecule has 0 aliphatic carbocycles. The van der Waals surface area contributed by atoms with Crippen molar-refractivity contribution in [3.8, 4) is 17.2 Å². The highest BCUT2D eigenvalue weighted by Gasteiger charge is 2.05. The average Bonchev–Trinajstić information content (AvgIpc) is 2.68. The van der Waals surface area contributed by atoms with Gasteiger partial charge in [-0.15, -0.1) is 0 Å². The largest absolute Gasteiger partial charge is 0.493 e. The van der Waals surface area contributed by atoms with E-state index in [2.05, 4.69) is 0 Å². The van der Waals surface area contributed by atoms with Crippen LogP contribution < -0.4 is 14.2 Å². The Morgan fingerprint density at radius 1 is 0.963 bits per heavy atom. The summed E-state index contributed by atoms with van der Waals surface area (Å²) < 4.78 is 21.9. The van der Waals surface area contributed by atoms with E-state index in [-0.39, 0.29) is 5.69 Å². The molecule has 0 spiro atoms. The zero-order valence-electron chi connectivity index (χ0n) is 15.4. The van der Waals surface area contributed by atoms with Crippen LogP contribution in [-0.2, 0) is 4.74 Å². The number of nitro groups is 1. The van der Waals surface area contributed by atoms with E-state index in [1.165, 1.54) is 12.1 Å². The molecule has 0 aliphatic rings. The van der Waals surface area contributed by atoms with E-state index in [9.17, 15) is 10.1 Å². The van der Waals surface area contributed by atoms with Crippen LogP contribution in [0.15, 0.2) is 48.5 Å². The second-order valence-electron chi connectivity index (χ2n) is 5.47. The van der Waals surface area contributed by atoms with E-state index in [4.69, 9.17) is 18.9 Å². The summed E-state index contributed by atoms with van der Waals surface area (Å²) in [5.41, 5.74) is 1.08. The van der Waals surface area contributed by atoms with Crippen LogP contribution in [0.4, 0.5) is 5.69 Å². The van der Waals surface area contributed by atoms with Crippen LogP contribution in [0.2, 0.25) is 0 Å². The Morgan fingerprint density at radius 2 is 1.67 bits per heavy atom. The molecule has 0 aliphatic heterocycles. The molecule has 0 saturated carbocycles. The number of ether oxygens (including phenoxy) is 4. The van der Waals surface area contributed by atoms with E-state index in [1.807, 2.05) is 37.3 Å². The Bertz CT molecular complexity index is 758. The third-order valence-electron chi connectivity index (χ3n) is 3.58. The molecule has 2 rings (SSSR count). The monoisotopic (exact) mass is 373 g/mol. The number of methoxy groups -OCH3 is 1. The van der Waals surface area contributed by atoms with Gasteiger partial charge >= 0.3 is 0 Å². The molecule has 0 radical (unpaired) electrons. The SMILES string of the molecule is CC=Cc1ccc(OCCOCCOc2ccc([N+](=O)[O-])cc2)c(OC)c1. The molecule has 0 saturated heterocycles. The van der Waals surface area contributed by atoms with Crippen molar-refractivity contribution in [1.82, 2.24) is 0 Å². The smallest absolute Gasteiger partial charge is 0.269 e. The Kier molecular flexibility index (Phi) is 8.12. The van der Waals surface area contributed by atoms with Gasteiger partial charge in [-0.1, -0.05) is 18.2 Å². The summed E-state index contributed by atoms with van der Waals surface area (Å²) in [6.07, 6.45) is 3.95. The number of hydrogen-bond acceptors (Lipinski definition) is 6. The molecule has 144 valence electrons. The lowest BCUT2D eigenvalue weighted by Crippen LogP contribution is -2.12. The van der Waals surface area contributed by atoms with Crippen molar-refractivity contribution in [2.24, 2.45) is 0 Å². The Morgan fingerprint density at radius 3 is 2.30 bits per heavy atom. The average molecular weight is 373 g/mol. The molecule has 0 heterocycles. The van der Waals surface area contributed by atoms with Gasteiger partial charge in [0.2, 0.25) is 0 Å². The molecular weight excluding hydrogens is 350 g/mol. The maximum Gasteiger partial charge on any atom is 0.269 e. The minimum atomic E-state index is -0.448. The highest BCUT2D eigenvalue weighted by Crippen LogP contribution is 2.28. The highest BCUT2D eigenvalue weighted by atomic mass is 16.6. The lowest BCUT2D eigenvalue weighted by atomic mass is 10.2. The van der Waals surface area contributed by atoms with Gasteiger partial charge in [0.05, 0.1) is 25.2 Å². The number of nitro benzene ring substituents is 1. The summed E-state index contributed by atoms with van der Waals surface area (Å²) in [4.78, 5) is 10.1.